The van der Waals surface area contributed by atoms with Crippen LogP contribution in [0.1, 0.15) is 33.1 Å². The van der Waals surface area contributed by atoms with Gasteiger partial charge in [0.05, 0.1) is 18.8 Å². The van der Waals surface area contributed by atoms with E-state index in [9.17, 15) is 4.79 Å². The molecule has 1 aliphatic heterocycles. The Kier molecular flexibility index (Phi) is 3.80. The molecule has 0 saturated carbocycles. The van der Waals surface area contributed by atoms with Crippen LogP contribution in [0.15, 0.2) is 11.3 Å². The van der Waals surface area contributed by atoms with E-state index in [4.69, 9.17) is 9.47 Å². The first-order chi connectivity index (χ1) is 6.29. The van der Waals surface area contributed by atoms with E-state index >= 15 is 0 Å². The Balaban J connectivity index is 2.72. The smallest absolute Gasteiger partial charge is 0.337 e. The summed E-state index contributed by atoms with van der Waals surface area (Å²) in [5.74, 6) is 0.601. The highest BCUT2D eigenvalue weighted by Crippen LogP contribution is 2.22. The summed E-state index contributed by atoms with van der Waals surface area (Å²) in [5, 5.41) is 0. The van der Waals surface area contributed by atoms with E-state index in [1.165, 1.54) is 0 Å². The molecule has 1 rings (SSSR count). The Labute approximate surface area is 78.7 Å². The molecule has 13 heavy (non-hydrogen) atoms. The van der Waals surface area contributed by atoms with Crippen molar-refractivity contribution < 1.29 is 14.3 Å². The molecule has 0 atom stereocenters. The normalized spacial score (nSPS) is 16.8. The molecule has 0 fully saturated rings. The van der Waals surface area contributed by atoms with E-state index in [0.29, 0.717) is 6.61 Å². The van der Waals surface area contributed by atoms with Gasteiger partial charge < -0.3 is 9.47 Å². The van der Waals surface area contributed by atoms with Crippen molar-refractivity contribution in [2.45, 2.75) is 33.1 Å². The fourth-order valence-corrected chi connectivity index (χ4v) is 1.42. The van der Waals surface area contributed by atoms with Crippen LogP contribution in [0.5, 0.6) is 0 Å². The molecule has 3 nitrogen and oxygen atoms in total. The maximum absolute atomic E-state index is 11.4. The fraction of sp³-hybridized carbons (Fsp3) is 0.700. The van der Waals surface area contributed by atoms with Crippen LogP contribution in [0.3, 0.4) is 0 Å². The predicted molar refractivity (Wildman–Crippen MR) is 49.1 cm³/mol. The summed E-state index contributed by atoms with van der Waals surface area (Å²) in [6, 6.07) is 0. The highest BCUT2D eigenvalue weighted by molar-refractivity contribution is 5.89. The van der Waals surface area contributed by atoms with Crippen LogP contribution in [-0.2, 0) is 14.3 Å². The summed E-state index contributed by atoms with van der Waals surface area (Å²) in [6.45, 7) is 4.96. The van der Waals surface area contributed by atoms with E-state index in [2.05, 4.69) is 0 Å². The molecule has 0 aromatic rings. The second-order valence-corrected chi connectivity index (χ2v) is 2.93. The van der Waals surface area contributed by atoms with Crippen molar-refractivity contribution in [2.24, 2.45) is 0 Å². The van der Waals surface area contributed by atoms with Crippen LogP contribution in [-0.4, -0.2) is 19.2 Å². The number of hydrogen-bond donors (Lipinski definition) is 0. The Bertz CT molecular complexity index is 218. The molecule has 0 radical (unpaired) electrons. The van der Waals surface area contributed by atoms with Gasteiger partial charge in [0.15, 0.2) is 0 Å². The zero-order valence-corrected chi connectivity index (χ0v) is 8.26. The summed E-state index contributed by atoms with van der Waals surface area (Å²) in [4.78, 5) is 11.4. The minimum atomic E-state index is -0.209. The zero-order chi connectivity index (χ0) is 9.68. The highest BCUT2D eigenvalue weighted by Gasteiger charge is 2.19. The summed E-state index contributed by atoms with van der Waals surface area (Å²) in [7, 11) is 0. The summed E-state index contributed by atoms with van der Waals surface area (Å²) >= 11 is 0. The highest BCUT2D eigenvalue weighted by atomic mass is 16.5. The van der Waals surface area contributed by atoms with E-state index in [1.54, 1.807) is 0 Å². The number of hydrogen-bond acceptors (Lipinski definition) is 3. The van der Waals surface area contributed by atoms with Gasteiger partial charge in [-0.3, -0.25) is 0 Å². The predicted octanol–water partition coefficient (Wildman–Crippen LogP) is 2.02. The zero-order valence-electron chi connectivity index (χ0n) is 8.26. The average molecular weight is 184 g/mol. The molecule has 0 unspecified atom stereocenters. The van der Waals surface area contributed by atoms with Crippen molar-refractivity contribution in [3.8, 4) is 0 Å². The Morgan fingerprint density at radius 3 is 2.92 bits per heavy atom. The molecule has 0 aromatic carbocycles. The van der Waals surface area contributed by atoms with Crippen molar-refractivity contribution >= 4 is 5.97 Å². The first-order valence-corrected chi connectivity index (χ1v) is 4.81. The van der Waals surface area contributed by atoms with Crippen molar-refractivity contribution in [1.82, 2.24) is 0 Å². The van der Waals surface area contributed by atoms with Crippen molar-refractivity contribution in [2.75, 3.05) is 13.2 Å². The molecule has 74 valence electrons. The Morgan fingerprint density at radius 1 is 1.54 bits per heavy atom. The number of allylic oxidation sites excluding steroid dienone is 1. The first-order valence-electron chi connectivity index (χ1n) is 4.81. The number of rotatable bonds is 3. The van der Waals surface area contributed by atoms with Crippen molar-refractivity contribution in [3.05, 3.63) is 11.3 Å². The van der Waals surface area contributed by atoms with Crippen molar-refractivity contribution in [1.29, 1.82) is 0 Å². The maximum Gasteiger partial charge on any atom is 0.337 e. The van der Waals surface area contributed by atoms with Gasteiger partial charge in [0.1, 0.15) is 5.76 Å². The van der Waals surface area contributed by atoms with Gasteiger partial charge >= 0.3 is 5.97 Å². The monoisotopic (exact) mass is 184 g/mol. The second kappa shape index (κ2) is 4.90. The van der Waals surface area contributed by atoms with Gasteiger partial charge in [-0.2, -0.15) is 0 Å². The van der Waals surface area contributed by atoms with Crippen LogP contribution < -0.4 is 0 Å². The molecule has 1 aliphatic rings. The third-order valence-corrected chi connectivity index (χ3v) is 2.03. The van der Waals surface area contributed by atoms with Gasteiger partial charge in [0, 0.05) is 6.42 Å². The quantitative estimate of drug-likeness (QED) is 0.629. The van der Waals surface area contributed by atoms with E-state index in [-0.39, 0.29) is 5.97 Å². The topological polar surface area (TPSA) is 35.5 Å². The standard InChI is InChI=1S/C10H16O3/c1-3-9-8(6-5-7-13-9)10(11)12-4-2/h3-7H2,1-2H3. The average Bonchev–Trinajstić information content (AvgIpc) is 2.18. The Hall–Kier alpha value is -0.990. The second-order valence-electron chi connectivity index (χ2n) is 2.93. The number of ether oxygens (including phenoxy) is 2. The molecule has 0 aromatic heterocycles. The molecular formula is C10H16O3. The number of carbonyl (C=O) groups is 1. The van der Waals surface area contributed by atoms with Crippen LogP contribution in [0.2, 0.25) is 0 Å². The molecular weight excluding hydrogens is 168 g/mol. The lowest BCUT2D eigenvalue weighted by atomic mass is 10.1. The van der Waals surface area contributed by atoms with Crippen LogP contribution in [0.25, 0.3) is 0 Å². The van der Waals surface area contributed by atoms with E-state index in [0.717, 1.165) is 37.2 Å². The maximum atomic E-state index is 11.4. The lowest BCUT2D eigenvalue weighted by Crippen LogP contribution is -2.16. The molecule has 0 amide bonds. The lowest BCUT2D eigenvalue weighted by molar-refractivity contribution is -0.139. The minimum Gasteiger partial charge on any atom is -0.497 e. The number of esters is 1. The van der Waals surface area contributed by atoms with Crippen molar-refractivity contribution in [3.63, 3.8) is 0 Å². The van der Waals surface area contributed by atoms with Crippen LogP contribution >= 0.6 is 0 Å². The SMILES string of the molecule is CCOC(=O)C1=C(CC)OCCC1. The molecule has 0 bridgehead atoms. The molecule has 3 heteroatoms. The summed E-state index contributed by atoms with van der Waals surface area (Å²) < 4.78 is 10.3. The van der Waals surface area contributed by atoms with Crippen LogP contribution in [0, 0.1) is 0 Å². The number of carbonyl (C=O) groups excluding carboxylic acids is 1. The third kappa shape index (κ3) is 2.47. The van der Waals surface area contributed by atoms with Gasteiger partial charge in [0.25, 0.3) is 0 Å². The first kappa shape index (κ1) is 10.1. The van der Waals surface area contributed by atoms with Gasteiger partial charge in [-0.15, -0.1) is 0 Å². The summed E-state index contributed by atoms with van der Waals surface area (Å²) in [6.07, 6.45) is 2.48. The van der Waals surface area contributed by atoms with Crippen LogP contribution in [0.4, 0.5) is 0 Å². The fourth-order valence-electron chi connectivity index (χ4n) is 1.42. The van der Waals surface area contributed by atoms with E-state index in [1.807, 2.05) is 13.8 Å². The van der Waals surface area contributed by atoms with Gasteiger partial charge in [0.2, 0.25) is 0 Å². The van der Waals surface area contributed by atoms with Gasteiger partial charge in [-0.05, 0) is 19.8 Å². The summed E-state index contributed by atoms with van der Waals surface area (Å²) in [5.41, 5.74) is 0.732. The van der Waals surface area contributed by atoms with Gasteiger partial charge in [-0.25, -0.2) is 4.79 Å². The minimum absolute atomic E-state index is 0.209. The molecule has 0 saturated heterocycles. The molecule has 1 heterocycles. The Morgan fingerprint density at radius 2 is 2.31 bits per heavy atom. The van der Waals surface area contributed by atoms with Gasteiger partial charge in [-0.1, -0.05) is 6.92 Å². The molecule has 0 N–H and O–H groups in total. The molecule has 0 aliphatic carbocycles. The largest absolute Gasteiger partial charge is 0.497 e. The lowest BCUT2D eigenvalue weighted by Gasteiger charge is -2.19. The van der Waals surface area contributed by atoms with E-state index < -0.39 is 0 Å². The molecule has 0 spiro atoms. The third-order valence-electron chi connectivity index (χ3n) is 2.03.